The number of imidazole rings is 1. The van der Waals surface area contributed by atoms with Crippen LogP contribution in [0, 0.1) is 5.82 Å². The van der Waals surface area contributed by atoms with E-state index in [1.54, 1.807) is 18.2 Å². The molecule has 10 heteroatoms. The Balaban J connectivity index is 1.88. The van der Waals surface area contributed by atoms with Crippen LogP contribution in [0.1, 0.15) is 11.1 Å². The summed E-state index contributed by atoms with van der Waals surface area (Å²) in [5.41, 5.74) is 0.470. The summed E-state index contributed by atoms with van der Waals surface area (Å²) in [5.74, 6) is -0.192. The lowest BCUT2D eigenvalue weighted by Crippen LogP contribution is -2.37. The first-order valence-electron chi connectivity index (χ1n) is 9.35. The van der Waals surface area contributed by atoms with Crippen LogP contribution in [0.5, 0.6) is 0 Å². The summed E-state index contributed by atoms with van der Waals surface area (Å²) in [4.78, 5) is 29.8. The summed E-state index contributed by atoms with van der Waals surface area (Å²) in [6, 6.07) is 11.6. The molecule has 0 spiro atoms. The molecule has 0 aliphatic rings. The van der Waals surface area contributed by atoms with E-state index in [9.17, 15) is 14.0 Å². The molecule has 4 rings (SSSR count). The third kappa shape index (κ3) is 3.84. The number of anilines is 1. The normalized spacial score (nSPS) is 11.3. The second-order valence-corrected chi connectivity index (χ2v) is 7.92. The van der Waals surface area contributed by atoms with Gasteiger partial charge < -0.3 is 5.32 Å². The fraction of sp³-hybridized carbons (Fsp3) is 0.190. The van der Waals surface area contributed by atoms with Gasteiger partial charge in [0.05, 0.1) is 6.54 Å². The topological polar surface area (TPSA) is 73.8 Å². The van der Waals surface area contributed by atoms with Crippen LogP contribution in [0.2, 0.25) is 10.0 Å². The maximum atomic E-state index is 14.5. The average molecular weight is 462 g/mol. The van der Waals surface area contributed by atoms with Crippen LogP contribution in [0.3, 0.4) is 0 Å². The monoisotopic (exact) mass is 461 g/mol. The molecule has 7 nitrogen and oxygen atoms in total. The molecule has 0 aliphatic carbocycles. The molecule has 0 bridgehead atoms. The number of nitrogens with zero attached hydrogens (tertiary/aromatic N) is 4. The van der Waals surface area contributed by atoms with Crippen LogP contribution in [0.4, 0.5) is 10.3 Å². The van der Waals surface area contributed by atoms with Gasteiger partial charge in [0.2, 0.25) is 5.95 Å². The SMILES string of the molecule is Cn1c(=O)c2c(nc(NCc3ccc(Cl)cc3)n2Cc2c(F)cccc2Cl)n(C)c1=O. The van der Waals surface area contributed by atoms with Crippen molar-refractivity contribution in [2.75, 3.05) is 5.32 Å². The molecule has 1 N–H and O–H groups in total. The lowest BCUT2D eigenvalue weighted by atomic mass is 10.2. The summed E-state index contributed by atoms with van der Waals surface area (Å²) in [6.07, 6.45) is 0. The van der Waals surface area contributed by atoms with Gasteiger partial charge in [-0.2, -0.15) is 4.98 Å². The van der Waals surface area contributed by atoms with E-state index in [1.165, 1.54) is 35.4 Å². The Hall–Kier alpha value is -3.10. The summed E-state index contributed by atoms with van der Waals surface area (Å²) >= 11 is 12.2. The van der Waals surface area contributed by atoms with Gasteiger partial charge in [0, 0.05) is 36.2 Å². The molecule has 31 heavy (non-hydrogen) atoms. The molecule has 0 atom stereocenters. The molecule has 0 radical (unpaired) electrons. The Kier molecular flexibility index (Phi) is 5.60. The zero-order chi connectivity index (χ0) is 22.3. The number of halogens is 3. The summed E-state index contributed by atoms with van der Waals surface area (Å²) in [6.45, 7) is 0.332. The van der Waals surface area contributed by atoms with Crippen LogP contribution in [-0.2, 0) is 27.2 Å². The van der Waals surface area contributed by atoms with Crippen molar-refractivity contribution in [1.82, 2.24) is 18.7 Å². The minimum absolute atomic E-state index is 0.0433. The molecule has 4 aromatic rings. The van der Waals surface area contributed by atoms with Crippen molar-refractivity contribution >= 4 is 40.3 Å². The van der Waals surface area contributed by atoms with Gasteiger partial charge in [-0.25, -0.2) is 9.18 Å². The van der Waals surface area contributed by atoms with Crippen LogP contribution < -0.4 is 16.6 Å². The van der Waals surface area contributed by atoms with E-state index in [-0.39, 0.29) is 28.3 Å². The number of aromatic nitrogens is 4. The van der Waals surface area contributed by atoms with E-state index in [2.05, 4.69) is 10.3 Å². The summed E-state index contributed by atoms with van der Waals surface area (Å²) < 4.78 is 18.3. The van der Waals surface area contributed by atoms with Crippen molar-refractivity contribution in [3.63, 3.8) is 0 Å². The molecule has 0 saturated carbocycles. The Morgan fingerprint density at radius 3 is 2.42 bits per heavy atom. The molecule has 2 aromatic carbocycles. The number of nitrogens with one attached hydrogen (secondary N) is 1. The fourth-order valence-electron chi connectivity index (χ4n) is 3.36. The van der Waals surface area contributed by atoms with Gasteiger partial charge in [-0.15, -0.1) is 0 Å². The largest absolute Gasteiger partial charge is 0.351 e. The van der Waals surface area contributed by atoms with Crippen molar-refractivity contribution in [1.29, 1.82) is 0 Å². The molecule has 0 fully saturated rings. The fourth-order valence-corrected chi connectivity index (χ4v) is 3.71. The Morgan fingerprint density at radius 2 is 1.74 bits per heavy atom. The van der Waals surface area contributed by atoms with Crippen molar-refractivity contribution in [3.05, 3.63) is 90.3 Å². The number of hydrogen-bond acceptors (Lipinski definition) is 4. The van der Waals surface area contributed by atoms with Crippen LogP contribution in [0.25, 0.3) is 11.2 Å². The highest BCUT2D eigenvalue weighted by Crippen LogP contribution is 2.24. The van der Waals surface area contributed by atoms with Gasteiger partial charge >= 0.3 is 5.69 Å². The first-order valence-corrected chi connectivity index (χ1v) is 10.1. The smallest absolute Gasteiger partial charge is 0.332 e. The average Bonchev–Trinajstić information content (AvgIpc) is 3.11. The highest BCUT2D eigenvalue weighted by atomic mass is 35.5. The molecule has 160 valence electrons. The second-order valence-electron chi connectivity index (χ2n) is 7.08. The van der Waals surface area contributed by atoms with Crippen LogP contribution >= 0.6 is 23.2 Å². The summed E-state index contributed by atoms with van der Waals surface area (Å²) in [7, 11) is 2.92. The van der Waals surface area contributed by atoms with Crippen molar-refractivity contribution in [3.8, 4) is 0 Å². The van der Waals surface area contributed by atoms with Gasteiger partial charge in [0.15, 0.2) is 11.2 Å². The Bertz CT molecular complexity index is 1390. The van der Waals surface area contributed by atoms with Crippen molar-refractivity contribution in [2.45, 2.75) is 13.1 Å². The number of benzene rings is 2. The Labute approximate surface area is 186 Å². The first kappa shape index (κ1) is 21.1. The third-order valence-corrected chi connectivity index (χ3v) is 5.70. The van der Waals surface area contributed by atoms with Gasteiger partial charge in [0.1, 0.15) is 5.82 Å². The van der Waals surface area contributed by atoms with Crippen LogP contribution in [-0.4, -0.2) is 18.7 Å². The van der Waals surface area contributed by atoms with E-state index in [0.29, 0.717) is 17.5 Å². The molecule has 2 heterocycles. The quantitative estimate of drug-likeness (QED) is 0.493. The van der Waals surface area contributed by atoms with E-state index in [0.717, 1.165) is 10.1 Å². The molecule has 2 aromatic heterocycles. The minimum Gasteiger partial charge on any atom is -0.351 e. The second kappa shape index (κ2) is 8.20. The molecule has 0 unspecified atom stereocenters. The number of rotatable bonds is 5. The van der Waals surface area contributed by atoms with E-state index < -0.39 is 17.1 Å². The van der Waals surface area contributed by atoms with E-state index >= 15 is 0 Å². The summed E-state index contributed by atoms with van der Waals surface area (Å²) in [5, 5.41) is 4.01. The van der Waals surface area contributed by atoms with E-state index in [4.69, 9.17) is 23.2 Å². The van der Waals surface area contributed by atoms with Gasteiger partial charge in [-0.1, -0.05) is 41.4 Å². The maximum absolute atomic E-state index is 14.5. The first-order chi connectivity index (χ1) is 14.8. The minimum atomic E-state index is -0.530. The van der Waals surface area contributed by atoms with Gasteiger partial charge in [0.25, 0.3) is 5.56 Å². The highest BCUT2D eigenvalue weighted by Gasteiger charge is 2.21. The lowest BCUT2D eigenvalue weighted by Gasteiger charge is -2.13. The predicted molar refractivity (Wildman–Crippen MR) is 120 cm³/mol. The molecular weight excluding hydrogens is 444 g/mol. The standard InChI is InChI=1S/C21H18Cl2FN5O2/c1-27-18-17(19(30)28(2)21(27)31)29(11-14-15(23)4-3-5-16(14)24)20(26-18)25-10-12-6-8-13(22)9-7-12/h3-9H,10-11H2,1-2H3,(H,25,26). The predicted octanol–water partition coefficient (Wildman–Crippen LogP) is 3.54. The highest BCUT2D eigenvalue weighted by molar-refractivity contribution is 6.31. The molecule has 0 amide bonds. The van der Waals surface area contributed by atoms with E-state index in [1.807, 2.05) is 12.1 Å². The molecule has 0 saturated heterocycles. The number of hydrogen-bond donors (Lipinski definition) is 1. The van der Waals surface area contributed by atoms with Crippen LogP contribution in [0.15, 0.2) is 52.1 Å². The number of aryl methyl sites for hydroxylation is 1. The lowest BCUT2D eigenvalue weighted by molar-refractivity contribution is 0.601. The zero-order valence-electron chi connectivity index (χ0n) is 16.7. The molecule has 0 aliphatic heterocycles. The van der Waals surface area contributed by atoms with Crippen molar-refractivity contribution in [2.24, 2.45) is 14.1 Å². The van der Waals surface area contributed by atoms with Crippen molar-refractivity contribution < 1.29 is 4.39 Å². The molecular formula is C21H18Cl2FN5O2. The Morgan fingerprint density at radius 1 is 1.03 bits per heavy atom. The van der Waals surface area contributed by atoms with Gasteiger partial charge in [-0.05, 0) is 29.8 Å². The third-order valence-electron chi connectivity index (χ3n) is 5.09. The number of fused-ring (bicyclic) bond motifs is 1. The zero-order valence-corrected chi connectivity index (χ0v) is 18.2. The maximum Gasteiger partial charge on any atom is 0.332 e. The van der Waals surface area contributed by atoms with Gasteiger partial charge in [-0.3, -0.25) is 18.5 Å².